The van der Waals surface area contributed by atoms with Gasteiger partial charge >= 0.3 is 0 Å². The van der Waals surface area contributed by atoms with Crippen LogP contribution in [0, 0.1) is 6.92 Å². The van der Waals surface area contributed by atoms with Crippen molar-refractivity contribution in [1.29, 1.82) is 0 Å². The molecule has 0 aliphatic carbocycles. The van der Waals surface area contributed by atoms with Crippen molar-refractivity contribution in [2.24, 2.45) is 0 Å². The van der Waals surface area contributed by atoms with Crippen LogP contribution in [0.4, 0.5) is 0 Å². The number of aromatic nitrogens is 1. The molecule has 0 spiro atoms. The Kier molecular flexibility index (Phi) is 5.50. The Morgan fingerprint density at radius 1 is 1.33 bits per heavy atom. The summed E-state index contributed by atoms with van der Waals surface area (Å²) >= 11 is 2.71. The quantitative estimate of drug-likeness (QED) is 0.809. The topological polar surface area (TPSA) is 71.1 Å². The fraction of sp³-hybridized carbons (Fsp3) is 0.462. The second-order valence-corrected chi connectivity index (χ2v) is 8.47. The van der Waals surface area contributed by atoms with Gasteiger partial charge in [-0.1, -0.05) is 6.92 Å². The maximum absolute atomic E-state index is 12.4. The molecule has 0 amide bonds. The van der Waals surface area contributed by atoms with Crippen molar-refractivity contribution in [3.63, 3.8) is 0 Å². The molecule has 0 bridgehead atoms. The largest absolute Gasteiger partial charge is 0.313 e. The lowest BCUT2D eigenvalue weighted by Gasteiger charge is -2.10. The highest BCUT2D eigenvalue weighted by Crippen LogP contribution is 2.24. The molecule has 0 radical (unpaired) electrons. The first-order chi connectivity index (χ1) is 9.92. The van der Waals surface area contributed by atoms with E-state index in [4.69, 9.17) is 0 Å². The number of hydrogen-bond donors (Lipinski definition) is 2. The summed E-state index contributed by atoms with van der Waals surface area (Å²) in [7, 11) is -3.50. The van der Waals surface area contributed by atoms with Gasteiger partial charge in [-0.25, -0.2) is 18.1 Å². The number of nitrogens with zero attached hydrogens (tertiary/aromatic N) is 1. The van der Waals surface area contributed by atoms with E-state index >= 15 is 0 Å². The van der Waals surface area contributed by atoms with Gasteiger partial charge in [-0.05, 0) is 37.4 Å². The molecule has 0 aromatic carbocycles. The molecule has 0 fully saturated rings. The molecule has 1 atom stereocenters. The third-order valence-corrected chi connectivity index (χ3v) is 6.99. The fourth-order valence-corrected chi connectivity index (χ4v) is 5.08. The summed E-state index contributed by atoms with van der Waals surface area (Å²) in [6, 6.07) is 1.39. The molecule has 0 saturated carbocycles. The number of aryl methyl sites for hydroxylation is 1. The molecule has 8 heteroatoms. The first-order valence-electron chi connectivity index (χ1n) is 6.65. The Morgan fingerprint density at radius 3 is 2.71 bits per heavy atom. The van der Waals surface area contributed by atoms with Crippen LogP contribution in [0.25, 0.3) is 0 Å². The van der Waals surface area contributed by atoms with Crippen LogP contribution < -0.4 is 10.0 Å². The highest BCUT2D eigenvalue weighted by molar-refractivity contribution is 7.91. The molecule has 21 heavy (non-hydrogen) atoms. The van der Waals surface area contributed by atoms with Gasteiger partial charge < -0.3 is 5.32 Å². The SMILES string of the molecule is CCNCc1csc(S(=O)(=O)NC(C)c2nc(C)cs2)c1. The monoisotopic (exact) mass is 345 g/mol. The lowest BCUT2D eigenvalue weighted by atomic mass is 10.3. The zero-order valence-corrected chi connectivity index (χ0v) is 14.7. The van der Waals surface area contributed by atoms with Gasteiger partial charge in [0.15, 0.2) is 0 Å². The van der Waals surface area contributed by atoms with E-state index in [-0.39, 0.29) is 6.04 Å². The molecule has 0 saturated heterocycles. The van der Waals surface area contributed by atoms with Crippen LogP contribution in [0.5, 0.6) is 0 Å². The molecule has 116 valence electrons. The normalized spacial score (nSPS) is 13.5. The van der Waals surface area contributed by atoms with E-state index in [0.29, 0.717) is 10.8 Å². The van der Waals surface area contributed by atoms with Crippen molar-refractivity contribution in [3.8, 4) is 0 Å². The predicted molar refractivity (Wildman–Crippen MR) is 87.3 cm³/mol. The van der Waals surface area contributed by atoms with Crippen molar-refractivity contribution in [2.45, 2.75) is 37.6 Å². The summed E-state index contributed by atoms with van der Waals surface area (Å²) in [6.45, 7) is 7.26. The zero-order chi connectivity index (χ0) is 15.5. The van der Waals surface area contributed by atoms with Crippen LogP contribution in [0.15, 0.2) is 21.0 Å². The number of thiophene rings is 1. The van der Waals surface area contributed by atoms with Crippen LogP contribution >= 0.6 is 22.7 Å². The minimum atomic E-state index is -3.50. The minimum absolute atomic E-state index is 0.326. The van der Waals surface area contributed by atoms with Gasteiger partial charge in [0.1, 0.15) is 9.22 Å². The number of nitrogens with one attached hydrogen (secondary N) is 2. The molecule has 2 heterocycles. The van der Waals surface area contributed by atoms with Crippen molar-refractivity contribution < 1.29 is 8.42 Å². The van der Waals surface area contributed by atoms with Crippen LogP contribution in [0.2, 0.25) is 0 Å². The summed E-state index contributed by atoms with van der Waals surface area (Å²) in [5, 5.41) is 7.75. The van der Waals surface area contributed by atoms with Gasteiger partial charge in [-0.15, -0.1) is 22.7 Å². The Bertz CT molecular complexity index is 691. The number of thiazole rings is 1. The van der Waals surface area contributed by atoms with Crippen molar-refractivity contribution >= 4 is 32.7 Å². The Labute approximate surface area is 133 Å². The Morgan fingerprint density at radius 2 is 2.10 bits per heavy atom. The van der Waals surface area contributed by atoms with E-state index in [1.54, 1.807) is 6.07 Å². The standard InChI is InChI=1S/C13H19N3O2S3/c1-4-14-6-11-5-12(19-8-11)21(17,18)16-10(3)13-15-9(2)7-20-13/h5,7-8,10,14,16H,4,6H2,1-3H3. The van der Waals surface area contributed by atoms with E-state index in [9.17, 15) is 8.42 Å². The molecule has 2 aromatic rings. The highest BCUT2D eigenvalue weighted by atomic mass is 32.2. The molecule has 2 aromatic heterocycles. The average Bonchev–Trinajstić information content (AvgIpc) is 3.05. The summed E-state index contributed by atoms with van der Waals surface area (Å²) < 4.78 is 27.8. The fourth-order valence-electron chi connectivity index (χ4n) is 1.77. The minimum Gasteiger partial charge on any atom is -0.313 e. The number of sulfonamides is 1. The van der Waals surface area contributed by atoms with Crippen LogP contribution in [-0.4, -0.2) is 19.9 Å². The molecule has 5 nitrogen and oxygen atoms in total. The summed E-state index contributed by atoms with van der Waals surface area (Å²) in [5.74, 6) is 0. The smallest absolute Gasteiger partial charge is 0.250 e. The number of rotatable bonds is 7. The van der Waals surface area contributed by atoms with E-state index in [0.717, 1.165) is 22.8 Å². The van der Waals surface area contributed by atoms with Gasteiger partial charge in [0.25, 0.3) is 10.0 Å². The van der Waals surface area contributed by atoms with Crippen molar-refractivity contribution in [3.05, 3.63) is 33.1 Å². The summed E-state index contributed by atoms with van der Waals surface area (Å²) in [4.78, 5) is 4.32. The van der Waals surface area contributed by atoms with E-state index in [2.05, 4.69) is 15.0 Å². The lowest BCUT2D eigenvalue weighted by molar-refractivity contribution is 0.568. The molecule has 0 aliphatic rings. The second-order valence-electron chi connectivity index (χ2n) is 4.72. The van der Waals surface area contributed by atoms with Gasteiger partial charge in [-0.2, -0.15) is 0 Å². The summed E-state index contributed by atoms with van der Waals surface area (Å²) in [5.41, 5.74) is 1.89. The van der Waals surface area contributed by atoms with Crippen molar-refractivity contribution in [1.82, 2.24) is 15.0 Å². The van der Waals surface area contributed by atoms with Crippen molar-refractivity contribution in [2.75, 3.05) is 6.54 Å². The summed E-state index contributed by atoms with van der Waals surface area (Å²) in [6.07, 6.45) is 0. The highest BCUT2D eigenvalue weighted by Gasteiger charge is 2.21. The third kappa shape index (κ3) is 4.33. The molecular weight excluding hydrogens is 326 g/mol. The molecule has 1 unspecified atom stereocenters. The van der Waals surface area contributed by atoms with Crippen LogP contribution in [0.1, 0.15) is 36.2 Å². The van der Waals surface area contributed by atoms with Gasteiger partial charge in [0.2, 0.25) is 0 Å². The Hall–Kier alpha value is -0.800. The lowest BCUT2D eigenvalue weighted by Crippen LogP contribution is -2.26. The molecule has 2 rings (SSSR count). The molecule has 2 N–H and O–H groups in total. The third-order valence-electron chi connectivity index (χ3n) is 2.81. The van der Waals surface area contributed by atoms with Crippen LogP contribution in [0.3, 0.4) is 0 Å². The first kappa shape index (κ1) is 16.6. The van der Waals surface area contributed by atoms with E-state index < -0.39 is 10.0 Å². The van der Waals surface area contributed by atoms with E-state index in [1.165, 1.54) is 22.7 Å². The zero-order valence-electron chi connectivity index (χ0n) is 12.2. The average molecular weight is 346 g/mol. The molecular formula is C13H19N3O2S3. The maximum atomic E-state index is 12.4. The van der Waals surface area contributed by atoms with Gasteiger partial charge in [-0.3, -0.25) is 0 Å². The first-order valence-corrected chi connectivity index (χ1v) is 9.89. The number of hydrogen-bond acceptors (Lipinski definition) is 6. The van der Waals surface area contributed by atoms with Gasteiger partial charge in [0.05, 0.1) is 6.04 Å². The molecule has 0 aliphatic heterocycles. The predicted octanol–water partition coefficient (Wildman–Crippen LogP) is 2.66. The Balaban J connectivity index is 2.09. The van der Waals surface area contributed by atoms with Crippen LogP contribution in [-0.2, 0) is 16.6 Å². The second kappa shape index (κ2) is 6.97. The maximum Gasteiger partial charge on any atom is 0.250 e. The van der Waals surface area contributed by atoms with Gasteiger partial charge in [0, 0.05) is 17.6 Å². The van der Waals surface area contributed by atoms with E-state index in [1.807, 2.05) is 31.5 Å².